The van der Waals surface area contributed by atoms with Crippen LogP contribution >= 0.6 is 0 Å². The van der Waals surface area contributed by atoms with Crippen LogP contribution in [-0.4, -0.2) is 18.3 Å². The number of benzene rings is 6. The molecule has 0 aliphatic heterocycles. The van der Waals surface area contributed by atoms with Gasteiger partial charge in [0.15, 0.2) is 0 Å². The van der Waals surface area contributed by atoms with Gasteiger partial charge in [0.1, 0.15) is 0 Å². The van der Waals surface area contributed by atoms with Crippen molar-refractivity contribution in [2.45, 2.75) is 50.3 Å². The minimum Gasteiger partial charge on any atom is -0.0561 e. The first kappa shape index (κ1) is 26.1. The fourth-order valence-corrected chi connectivity index (χ4v) is 9.06. The first-order valence-corrected chi connectivity index (χ1v) is 23.1. The van der Waals surface area contributed by atoms with Crippen LogP contribution in [0, 0.1) is 6.85 Å². The molecule has 1 nitrogen and oxygen atoms in total. The van der Waals surface area contributed by atoms with Crippen LogP contribution in [0.5, 0.6) is 0 Å². The van der Waals surface area contributed by atoms with E-state index in [0.29, 0.717) is 5.56 Å². The molecule has 7 rings (SSSR count). The summed E-state index contributed by atoms with van der Waals surface area (Å²) in [6.45, 7) is 4.24. The van der Waals surface area contributed by atoms with Gasteiger partial charge in [-0.2, -0.15) is 0 Å². The Labute approximate surface area is 274 Å². The smallest absolute Gasteiger partial charge is 0.0561 e. The van der Waals surface area contributed by atoms with Crippen molar-refractivity contribution >= 4 is 50.0 Å². The van der Waals surface area contributed by atoms with Crippen molar-refractivity contribution in [3.05, 3.63) is 133 Å². The predicted octanol–water partition coefficient (Wildman–Crippen LogP) is 11.7. The summed E-state index contributed by atoms with van der Waals surface area (Å²) in [5, 5.41) is 7.42. The van der Waals surface area contributed by atoms with Gasteiger partial charge in [-0.15, -0.1) is 0 Å². The standard InChI is InChI=1S/C43H41GeN/c1-28-27-45-42(26-38(28)37-21-17-30(24-41(37)43(2,3)4)29-13-9-8-10-14-29)31-18-20-35-33-15-11-12-16-34(33)36-22-19-32(44(5,6)7)25-40(36)39(35)23-31/h8-27H,1-7H3/i1D3. The molecule has 1 heterocycles. The summed E-state index contributed by atoms with van der Waals surface area (Å²) in [5.74, 6) is 7.31. The molecular formula is C43H41GeN. The molecule has 6 aromatic carbocycles. The summed E-state index contributed by atoms with van der Waals surface area (Å²) in [6.07, 6.45) is 1.57. The second-order valence-electron chi connectivity index (χ2n) is 14.3. The van der Waals surface area contributed by atoms with Crippen LogP contribution in [0.2, 0.25) is 17.3 Å². The zero-order valence-electron chi connectivity index (χ0n) is 30.0. The molecule has 0 saturated carbocycles. The summed E-state index contributed by atoms with van der Waals surface area (Å²) in [6, 6.07) is 41.1. The van der Waals surface area contributed by atoms with Crippen LogP contribution in [0.15, 0.2) is 121 Å². The van der Waals surface area contributed by atoms with Crippen molar-refractivity contribution in [2.24, 2.45) is 0 Å². The first-order chi connectivity index (χ1) is 22.7. The molecule has 0 atom stereocenters. The van der Waals surface area contributed by atoms with Crippen molar-refractivity contribution < 1.29 is 4.11 Å². The fourth-order valence-electron chi connectivity index (χ4n) is 6.63. The molecule has 0 radical (unpaired) electrons. The van der Waals surface area contributed by atoms with Crippen molar-refractivity contribution in [3.63, 3.8) is 0 Å². The third-order valence-electron chi connectivity index (χ3n) is 9.13. The average Bonchev–Trinajstić information content (AvgIpc) is 3.06. The molecule has 0 N–H and O–H groups in total. The van der Waals surface area contributed by atoms with Crippen LogP contribution in [0.3, 0.4) is 0 Å². The first-order valence-electron chi connectivity index (χ1n) is 17.3. The molecule has 7 aromatic rings. The molecule has 2 heteroatoms. The number of aryl methyl sites for hydroxylation is 1. The van der Waals surface area contributed by atoms with Gasteiger partial charge in [0.05, 0.1) is 0 Å². The van der Waals surface area contributed by atoms with Crippen molar-refractivity contribution in [1.29, 1.82) is 0 Å². The zero-order chi connectivity index (χ0) is 34.0. The van der Waals surface area contributed by atoms with E-state index in [4.69, 9.17) is 9.10 Å². The number of fused-ring (bicyclic) bond motifs is 6. The second-order valence-corrected chi connectivity index (χ2v) is 25.0. The molecule has 0 unspecified atom stereocenters. The Morgan fingerprint density at radius 1 is 0.556 bits per heavy atom. The Morgan fingerprint density at radius 2 is 1.18 bits per heavy atom. The van der Waals surface area contributed by atoms with Gasteiger partial charge in [-0.25, -0.2) is 0 Å². The zero-order valence-corrected chi connectivity index (χ0v) is 29.1. The molecule has 222 valence electrons. The summed E-state index contributed by atoms with van der Waals surface area (Å²) >= 11 is -2.11. The van der Waals surface area contributed by atoms with Gasteiger partial charge in [0, 0.05) is 0 Å². The molecule has 0 amide bonds. The molecule has 1 aromatic heterocycles. The summed E-state index contributed by atoms with van der Waals surface area (Å²) in [5.41, 5.74) is 6.75. The normalized spacial score (nSPS) is 13.6. The van der Waals surface area contributed by atoms with E-state index in [0.717, 1.165) is 33.5 Å². The predicted molar refractivity (Wildman–Crippen MR) is 199 cm³/mol. The Balaban J connectivity index is 1.48. The third kappa shape index (κ3) is 5.38. The van der Waals surface area contributed by atoms with E-state index < -0.39 is 20.1 Å². The maximum atomic E-state index is 8.48. The molecule has 45 heavy (non-hydrogen) atoms. The number of hydrogen-bond acceptors (Lipinski definition) is 1. The molecule has 0 bridgehead atoms. The summed E-state index contributed by atoms with van der Waals surface area (Å²) in [4.78, 5) is 4.81. The van der Waals surface area contributed by atoms with Gasteiger partial charge < -0.3 is 0 Å². The Bertz CT molecular complexity index is 2340. The van der Waals surface area contributed by atoms with Crippen molar-refractivity contribution in [3.8, 4) is 33.5 Å². The fraction of sp³-hybridized carbons (Fsp3) is 0.186. The topological polar surface area (TPSA) is 12.9 Å². The van der Waals surface area contributed by atoms with Crippen molar-refractivity contribution in [1.82, 2.24) is 4.98 Å². The Morgan fingerprint density at radius 3 is 1.84 bits per heavy atom. The van der Waals surface area contributed by atoms with Crippen molar-refractivity contribution in [2.75, 3.05) is 0 Å². The van der Waals surface area contributed by atoms with Crippen LogP contribution in [0.1, 0.15) is 36.0 Å². The van der Waals surface area contributed by atoms with E-state index in [2.05, 4.69) is 129 Å². The number of nitrogens with zero attached hydrogens (tertiary/aromatic N) is 1. The molecule has 0 aliphatic carbocycles. The van der Waals surface area contributed by atoms with Crippen LogP contribution < -0.4 is 4.40 Å². The minimum absolute atomic E-state index is 0.228. The van der Waals surface area contributed by atoms with E-state index >= 15 is 0 Å². The second kappa shape index (κ2) is 11.0. The average molecular weight is 647 g/mol. The van der Waals surface area contributed by atoms with E-state index in [-0.39, 0.29) is 11.0 Å². The van der Waals surface area contributed by atoms with Crippen LogP contribution in [0.25, 0.3) is 65.8 Å². The number of hydrogen-bond donors (Lipinski definition) is 0. The van der Waals surface area contributed by atoms with Crippen LogP contribution in [-0.2, 0) is 5.41 Å². The van der Waals surface area contributed by atoms with Gasteiger partial charge in [-0.05, 0) is 11.1 Å². The molecular weight excluding hydrogens is 603 g/mol. The number of pyridine rings is 1. The van der Waals surface area contributed by atoms with E-state index in [1.165, 1.54) is 36.7 Å². The van der Waals surface area contributed by atoms with Gasteiger partial charge >= 0.3 is 213 Å². The molecule has 0 aliphatic rings. The molecule has 0 saturated heterocycles. The van der Waals surface area contributed by atoms with Gasteiger partial charge in [0.25, 0.3) is 0 Å². The quantitative estimate of drug-likeness (QED) is 0.137. The van der Waals surface area contributed by atoms with Gasteiger partial charge in [-0.1, -0.05) is 51.1 Å². The molecule has 0 fully saturated rings. The maximum absolute atomic E-state index is 8.48. The van der Waals surface area contributed by atoms with E-state index in [1.807, 2.05) is 24.3 Å². The monoisotopic (exact) mass is 648 g/mol. The Hall–Kier alpha value is -4.21. The molecule has 0 spiro atoms. The third-order valence-corrected chi connectivity index (χ3v) is 13.4. The SMILES string of the molecule is [2H]C([2H])([2H])c1cnc(-c2ccc3c4ccccc4c4cc[c]([Ge]([CH3])([CH3])[CH3])cc4c3c2)cc1-c1ccc(-c2ccccc2)cc1C(C)(C)C. The van der Waals surface area contributed by atoms with E-state index in [1.54, 1.807) is 6.20 Å². The minimum atomic E-state index is -2.32. The summed E-state index contributed by atoms with van der Waals surface area (Å²) in [7, 11) is 0. The van der Waals surface area contributed by atoms with Gasteiger partial charge in [-0.3, -0.25) is 0 Å². The Kier molecular flexibility index (Phi) is 6.37. The summed E-state index contributed by atoms with van der Waals surface area (Å²) < 4.78 is 26.9. The number of aromatic nitrogens is 1. The van der Waals surface area contributed by atoms with Crippen LogP contribution in [0.4, 0.5) is 0 Å². The van der Waals surface area contributed by atoms with E-state index in [9.17, 15) is 0 Å². The van der Waals surface area contributed by atoms with Gasteiger partial charge in [0.2, 0.25) is 0 Å². The number of rotatable bonds is 4.